The van der Waals surface area contributed by atoms with Gasteiger partial charge >= 0.3 is 0 Å². The van der Waals surface area contributed by atoms with Crippen molar-refractivity contribution < 1.29 is 18.8 Å². The SMILES string of the molecule is COc1ccc(N[C@H](C)c2nc(C(C)(C)C)no2)cc1OCC(N)=O. The Hall–Kier alpha value is -2.77. The number of rotatable bonds is 7. The minimum Gasteiger partial charge on any atom is -0.493 e. The van der Waals surface area contributed by atoms with Gasteiger partial charge in [0.2, 0.25) is 5.89 Å². The van der Waals surface area contributed by atoms with Gasteiger partial charge in [-0.25, -0.2) is 0 Å². The van der Waals surface area contributed by atoms with Crippen LogP contribution in [0.1, 0.15) is 45.5 Å². The Kier molecular flexibility index (Phi) is 5.51. The summed E-state index contributed by atoms with van der Waals surface area (Å²) in [6, 6.07) is 5.08. The van der Waals surface area contributed by atoms with Crippen molar-refractivity contribution in [2.24, 2.45) is 5.73 Å². The Balaban J connectivity index is 2.14. The molecule has 0 aliphatic carbocycles. The summed E-state index contributed by atoms with van der Waals surface area (Å²) in [5.74, 6) is 1.50. The molecule has 1 atom stereocenters. The molecule has 8 nitrogen and oxygen atoms in total. The third-order valence-corrected chi connectivity index (χ3v) is 3.40. The number of nitrogens with one attached hydrogen (secondary N) is 1. The maximum absolute atomic E-state index is 10.9. The van der Waals surface area contributed by atoms with Gasteiger partial charge in [0.15, 0.2) is 23.9 Å². The van der Waals surface area contributed by atoms with E-state index in [9.17, 15) is 4.79 Å². The molecule has 8 heteroatoms. The molecule has 2 aromatic rings. The number of nitrogens with zero attached hydrogens (tertiary/aromatic N) is 2. The molecule has 2 rings (SSSR count). The number of primary amides is 1. The zero-order chi connectivity index (χ0) is 18.6. The molecule has 0 bridgehead atoms. The van der Waals surface area contributed by atoms with Gasteiger partial charge in [0.1, 0.15) is 6.04 Å². The summed E-state index contributed by atoms with van der Waals surface area (Å²) in [5.41, 5.74) is 5.69. The standard InChI is InChI=1S/C17H24N4O4/c1-10(15-20-16(21-25-15)17(2,3)4)19-11-6-7-12(23-5)13(8-11)24-9-14(18)22/h6-8,10,19H,9H2,1-5H3,(H2,18,22)/t10-/m1/s1. The summed E-state index contributed by atoms with van der Waals surface area (Å²) in [4.78, 5) is 15.4. The van der Waals surface area contributed by atoms with Crippen LogP contribution in [-0.4, -0.2) is 29.8 Å². The fourth-order valence-corrected chi connectivity index (χ4v) is 2.06. The highest BCUT2D eigenvalue weighted by Crippen LogP contribution is 2.31. The zero-order valence-corrected chi connectivity index (χ0v) is 15.1. The van der Waals surface area contributed by atoms with Crippen LogP contribution in [-0.2, 0) is 10.2 Å². The number of nitrogens with two attached hydrogens (primary N) is 1. The minimum atomic E-state index is -0.561. The molecule has 0 radical (unpaired) electrons. The van der Waals surface area contributed by atoms with Crippen LogP contribution in [0.3, 0.4) is 0 Å². The Labute approximate surface area is 146 Å². The monoisotopic (exact) mass is 348 g/mol. The van der Waals surface area contributed by atoms with Crippen LogP contribution in [0, 0.1) is 0 Å². The third-order valence-electron chi connectivity index (χ3n) is 3.40. The normalized spacial score (nSPS) is 12.5. The van der Waals surface area contributed by atoms with Gasteiger partial charge in [0.25, 0.3) is 5.91 Å². The number of hydrogen-bond acceptors (Lipinski definition) is 7. The van der Waals surface area contributed by atoms with E-state index in [0.29, 0.717) is 23.2 Å². The Morgan fingerprint density at radius 1 is 1.36 bits per heavy atom. The fourth-order valence-electron chi connectivity index (χ4n) is 2.06. The van der Waals surface area contributed by atoms with Gasteiger partial charge in [-0.05, 0) is 19.1 Å². The molecular weight excluding hydrogens is 324 g/mol. The molecule has 25 heavy (non-hydrogen) atoms. The van der Waals surface area contributed by atoms with E-state index in [1.54, 1.807) is 12.1 Å². The van der Waals surface area contributed by atoms with E-state index >= 15 is 0 Å². The Morgan fingerprint density at radius 3 is 2.64 bits per heavy atom. The summed E-state index contributed by atoms with van der Waals surface area (Å²) in [5, 5.41) is 7.28. The van der Waals surface area contributed by atoms with Gasteiger partial charge in [-0.3, -0.25) is 4.79 Å². The molecule has 1 aromatic heterocycles. The summed E-state index contributed by atoms with van der Waals surface area (Å²) in [6.45, 7) is 7.74. The first-order chi connectivity index (χ1) is 11.7. The van der Waals surface area contributed by atoms with E-state index in [0.717, 1.165) is 5.69 Å². The van der Waals surface area contributed by atoms with Crippen LogP contribution < -0.4 is 20.5 Å². The largest absolute Gasteiger partial charge is 0.493 e. The van der Waals surface area contributed by atoms with E-state index in [-0.39, 0.29) is 18.1 Å². The Morgan fingerprint density at radius 2 is 2.08 bits per heavy atom. The predicted molar refractivity (Wildman–Crippen MR) is 92.7 cm³/mol. The van der Waals surface area contributed by atoms with E-state index in [2.05, 4.69) is 15.5 Å². The van der Waals surface area contributed by atoms with Crippen molar-refractivity contribution in [1.82, 2.24) is 10.1 Å². The van der Waals surface area contributed by atoms with Gasteiger partial charge < -0.3 is 25.0 Å². The van der Waals surface area contributed by atoms with Crippen LogP contribution in [0.15, 0.2) is 22.7 Å². The van der Waals surface area contributed by atoms with Crippen molar-refractivity contribution in [3.63, 3.8) is 0 Å². The number of methoxy groups -OCH3 is 1. The first-order valence-corrected chi connectivity index (χ1v) is 7.90. The van der Waals surface area contributed by atoms with Gasteiger partial charge in [0, 0.05) is 17.2 Å². The lowest BCUT2D eigenvalue weighted by Crippen LogP contribution is -2.20. The van der Waals surface area contributed by atoms with Crippen molar-refractivity contribution in [3.8, 4) is 11.5 Å². The van der Waals surface area contributed by atoms with Gasteiger partial charge in [-0.2, -0.15) is 4.98 Å². The lowest BCUT2D eigenvalue weighted by atomic mass is 9.96. The number of hydrogen-bond donors (Lipinski definition) is 2. The third kappa shape index (κ3) is 4.85. The lowest BCUT2D eigenvalue weighted by molar-refractivity contribution is -0.119. The van der Waals surface area contributed by atoms with Crippen molar-refractivity contribution in [3.05, 3.63) is 29.9 Å². The molecule has 0 saturated carbocycles. The molecule has 0 unspecified atom stereocenters. The summed E-state index contributed by atoms with van der Waals surface area (Å²) in [6.07, 6.45) is 0. The minimum absolute atomic E-state index is 0.183. The molecule has 1 heterocycles. The van der Waals surface area contributed by atoms with Crippen molar-refractivity contribution >= 4 is 11.6 Å². The van der Waals surface area contributed by atoms with Gasteiger partial charge in [-0.15, -0.1) is 0 Å². The first-order valence-electron chi connectivity index (χ1n) is 7.90. The maximum atomic E-state index is 10.9. The Bertz CT molecular complexity index is 736. The van der Waals surface area contributed by atoms with E-state index in [1.807, 2.05) is 33.8 Å². The van der Waals surface area contributed by atoms with Crippen molar-refractivity contribution in [1.29, 1.82) is 0 Å². The average Bonchev–Trinajstić information content (AvgIpc) is 3.03. The van der Waals surface area contributed by atoms with Crippen LogP contribution in [0.2, 0.25) is 0 Å². The predicted octanol–water partition coefficient (Wildman–Crippen LogP) is 2.41. The van der Waals surface area contributed by atoms with E-state index < -0.39 is 5.91 Å². The maximum Gasteiger partial charge on any atom is 0.255 e. The molecule has 3 N–H and O–H groups in total. The number of anilines is 1. The van der Waals surface area contributed by atoms with E-state index in [4.69, 9.17) is 19.7 Å². The van der Waals surface area contributed by atoms with Gasteiger partial charge in [-0.1, -0.05) is 25.9 Å². The van der Waals surface area contributed by atoms with Crippen molar-refractivity contribution in [2.75, 3.05) is 19.0 Å². The second-order valence-corrected chi connectivity index (χ2v) is 6.69. The number of amides is 1. The summed E-state index contributed by atoms with van der Waals surface area (Å²) < 4.78 is 15.9. The van der Waals surface area contributed by atoms with Crippen LogP contribution in [0.5, 0.6) is 11.5 Å². The lowest BCUT2D eigenvalue weighted by Gasteiger charge is -2.15. The average molecular weight is 348 g/mol. The molecule has 1 amide bonds. The number of ether oxygens (including phenoxy) is 2. The highest BCUT2D eigenvalue weighted by Gasteiger charge is 2.23. The second kappa shape index (κ2) is 7.42. The molecular formula is C17H24N4O4. The molecule has 136 valence electrons. The molecule has 1 aromatic carbocycles. The fraction of sp³-hybridized carbons (Fsp3) is 0.471. The van der Waals surface area contributed by atoms with Gasteiger partial charge in [0.05, 0.1) is 7.11 Å². The molecule has 0 aliphatic heterocycles. The topological polar surface area (TPSA) is 112 Å². The smallest absolute Gasteiger partial charge is 0.255 e. The highest BCUT2D eigenvalue weighted by atomic mass is 16.5. The zero-order valence-electron chi connectivity index (χ0n) is 15.1. The van der Waals surface area contributed by atoms with Crippen LogP contribution in [0.4, 0.5) is 5.69 Å². The quantitative estimate of drug-likeness (QED) is 0.790. The van der Waals surface area contributed by atoms with Crippen LogP contribution in [0.25, 0.3) is 0 Å². The molecule has 0 spiro atoms. The summed E-state index contributed by atoms with van der Waals surface area (Å²) in [7, 11) is 1.52. The number of carbonyl (C=O) groups excluding carboxylic acids is 1. The molecule has 0 saturated heterocycles. The summed E-state index contributed by atoms with van der Waals surface area (Å²) >= 11 is 0. The first kappa shape index (κ1) is 18.6. The highest BCUT2D eigenvalue weighted by molar-refractivity contribution is 5.75. The molecule has 0 fully saturated rings. The second-order valence-electron chi connectivity index (χ2n) is 6.69. The van der Waals surface area contributed by atoms with E-state index in [1.165, 1.54) is 7.11 Å². The number of benzene rings is 1. The molecule has 0 aliphatic rings. The van der Waals surface area contributed by atoms with Crippen LogP contribution >= 0.6 is 0 Å². The number of aromatic nitrogens is 2. The number of carbonyl (C=O) groups is 1. The van der Waals surface area contributed by atoms with Crippen molar-refractivity contribution in [2.45, 2.75) is 39.2 Å².